The van der Waals surface area contributed by atoms with Gasteiger partial charge in [0, 0.05) is 20.0 Å². The number of hydrogen-bond donors (Lipinski definition) is 1. The second-order valence-electron chi connectivity index (χ2n) is 6.69. The molecule has 1 unspecified atom stereocenters. The molecule has 4 heterocycles. The van der Waals surface area contributed by atoms with Gasteiger partial charge in [0.2, 0.25) is 5.67 Å². The fraction of sp³-hybridized carbons (Fsp3) is 0.333. The first-order valence-corrected chi connectivity index (χ1v) is 9.28. The van der Waals surface area contributed by atoms with Crippen LogP contribution in [-0.2, 0) is 11.8 Å². The minimum absolute atomic E-state index is 0.0547. The number of aromatic nitrogens is 3. The van der Waals surface area contributed by atoms with Gasteiger partial charge in [0.1, 0.15) is 0 Å². The number of amides is 1. The molecule has 1 amide bonds. The molecule has 0 aromatic carbocycles. The van der Waals surface area contributed by atoms with E-state index in [-0.39, 0.29) is 13.0 Å². The molecule has 1 atom stereocenters. The van der Waals surface area contributed by atoms with Crippen LogP contribution in [0.2, 0.25) is 0 Å². The Bertz CT molecular complexity index is 1060. The number of hydrogen-bond acceptors (Lipinski definition) is 5. The van der Waals surface area contributed by atoms with Gasteiger partial charge in [-0.3, -0.25) is 9.48 Å². The van der Waals surface area contributed by atoms with Crippen LogP contribution in [0.3, 0.4) is 0 Å². The molecular formula is C18H17FN4O3S. The van der Waals surface area contributed by atoms with Gasteiger partial charge in [-0.1, -0.05) is 6.07 Å². The molecule has 1 aliphatic heterocycles. The number of rotatable bonds is 3. The van der Waals surface area contributed by atoms with Crippen molar-refractivity contribution in [1.29, 1.82) is 0 Å². The summed E-state index contributed by atoms with van der Waals surface area (Å²) < 4.78 is 16.1. The second kappa shape index (κ2) is 6.12. The van der Waals surface area contributed by atoms with Crippen LogP contribution >= 0.6 is 11.3 Å². The lowest BCUT2D eigenvalue weighted by Gasteiger charge is -2.18. The molecule has 27 heavy (non-hydrogen) atoms. The number of carboxylic acid groups (broad SMARTS) is 1. The third-order valence-electron chi connectivity index (χ3n) is 4.86. The zero-order valence-electron chi connectivity index (χ0n) is 14.8. The Kier molecular flexibility index (Phi) is 3.99. The van der Waals surface area contributed by atoms with Gasteiger partial charge >= 0.3 is 5.97 Å². The largest absolute Gasteiger partial charge is 0.479 e. The van der Waals surface area contributed by atoms with Gasteiger partial charge in [0.05, 0.1) is 33.8 Å². The molecule has 4 rings (SSSR count). The number of aryl methyl sites for hydroxylation is 2. The van der Waals surface area contributed by atoms with Gasteiger partial charge < -0.3 is 10.0 Å². The molecule has 0 saturated carbocycles. The summed E-state index contributed by atoms with van der Waals surface area (Å²) >= 11 is 1.50. The van der Waals surface area contributed by atoms with E-state index in [9.17, 15) is 14.0 Å². The zero-order valence-corrected chi connectivity index (χ0v) is 15.6. The number of carboxylic acids is 1. The van der Waals surface area contributed by atoms with Crippen molar-refractivity contribution < 1.29 is 19.1 Å². The molecular weight excluding hydrogens is 371 g/mol. The van der Waals surface area contributed by atoms with Crippen molar-refractivity contribution in [1.82, 2.24) is 19.7 Å². The average Bonchev–Trinajstić information content (AvgIpc) is 3.35. The van der Waals surface area contributed by atoms with Crippen molar-refractivity contribution in [2.45, 2.75) is 19.0 Å². The number of likely N-dealkylation sites (tertiary alicyclic amines) is 1. The van der Waals surface area contributed by atoms with Gasteiger partial charge in [-0.15, -0.1) is 11.3 Å². The quantitative estimate of drug-likeness (QED) is 0.745. The van der Waals surface area contributed by atoms with Crippen molar-refractivity contribution in [3.63, 3.8) is 0 Å². The number of pyridine rings is 1. The Hall–Kier alpha value is -2.81. The molecule has 7 nitrogen and oxygen atoms in total. The van der Waals surface area contributed by atoms with E-state index in [4.69, 9.17) is 5.11 Å². The van der Waals surface area contributed by atoms with E-state index in [2.05, 4.69) is 10.1 Å². The van der Waals surface area contributed by atoms with Crippen LogP contribution in [0.25, 0.3) is 21.6 Å². The van der Waals surface area contributed by atoms with Crippen molar-refractivity contribution >= 4 is 34.2 Å². The van der Waals surface area contributed by atoms with Gasteiger partial charge in [-0.25, -0.2) is 14.2 Å². The molecule has 0 radical (unpaired) electrons. The lowest BCUT2D eigenvalue weighted by Crippen LogP contribution is -2.39. The zero-order chi connectivity index (χ0) is 19.3. The van der Waals surface area contributed by atoms with Gasteiger partial charge in [0.25, 0.3) is 5.91 Å². The summed E-state index contributed by atoms with van der Waals surface area (Å²) in [6.45, 7) is 1.38. The van der Waals surface area contributed by atoms with Crippen molar-refractivity contribution in [2.24, 2.45) is 7.05 Å². The fourth-order valence-corrected chi connectivity index (χ4v) is 4.14. The maximum Gasteiger partial charge on any atom is 0.343 e. The SMILES string of the molecule is Cc1nn(C)c2nc(-c3cccs3)cc(C(=O)N3CCC(F)(C(=O)O)C3)c12. The Morgan fingerprint density at radius 1 is 1.41 bits per heavy atom. The molecule has 0 bridgehead atoms. The Morgan fingerprint density at radius 3 is 2.81 bits per heavy atom. The molecule has 9 heteroatoms. The van der Waals surface area contributed by atoms with Crippen LogP contribution < -0.4 is 0 Å². The van der Waals surface area contributed by atoms with Crippen LogP contribution in [0.4, 0.5) is 4.39 Å². The standard InChI is InChI=1S/C18H17FN4O3S/c1-10-14-11(16(24)23-6-5-18(19,9-23)17(25)26)8-12(13-4-3-7-27-13)20-15(14)22(2)21-10/h3-4,7-8H,5-6,9H2,1-2H3,(H,25,26). The minimum Gasteiger partial charge on any atom is -0.479 e. The third-order valence-corrected chi connectivity index (χ3v) is 5.76. The van der Waals surface area contributed by atoms with Gasteiger partial charge in [0.15, 0.2) is 5.65 Å². The summed E-state index contributed by atoms with van der Waals surface area (Å²) in [5, 5.41) is 16.0. The highest BCUT2D eigenvalue weighted by atomic mass is 32.1. The molecule has 3 aromatic heterocycles. The highest BCUT2D eigenvalue weighted by Gasteiger charge is 2.47. The summed E-state index contributed by atoms with van der Waals surface area (Å²) in [6.07, 6.45) is -0.216. The minimum atomic E-state index is -2.40. The highest BCUT2D eigenvalue weighted by molar-refractivity contribution is 7.13. The first-order valence-electron chi connectivity index (χ1n) is 8.40. The van der Waals surface area contributed by atoms with Crippen LogP contribution in [0, 0.1) is 6.92 Å². The van der Waals surface area contributed by atoms with Crippen molar-refractivity contribution in [3.05, 3.63) is 34.8 Å². The lowest BCUT2D eigenvalue weighted by molar-refractivity contribution is -0.149. The summed E-state index contributed by atoms with van der Waals surface area (Å²) in [7, 11) is 1.75. The maximum atomic E-state index is 14.4. The average molecular weight is 388 g/mol. The van der Waals surface area contributed by atoms with Crippen molar-refractivity contribution in [2.75, 3.05) is 13.1 Å². The molecule has 1 N–H and O–H groups in total. The summed E-state index contributed by atoms with van der Waals surface area (Å²) in [5.41, 5.74) is -0.199. The van der Waals surface area contributed by atoms with Crippen LogP contribution in [0.15, 0.2) is 23.6 Å². The van der Waals surface area contributed by atoms with E-state index in [1.807, 2.05) is 17.5 Å². The summed E-state index contributed by atoms with van der Waals surface area (Å²) in [6, 6.07) is 5.49. The third kappa shape index (κ3) is 2.78. The summed E-state index contributed by atoms with van der Waals surface area (Å²) in [4.78, 5) is 31.1. The predicted octanol–water partition coefficient (Wildman–Crippen LogP) is 2.64. The maximum absolute atomic E-state index is 14.4. The first-order chi connectivity index (χ1) is 12.8. The smallest absolute Gasteiger partial charge is 0.343 e. The fourth-order valence-electron chi connectivity index (χ4n) is 3.46. The number of fused-ring (bicyclic) bond motifs is 1. The molecule has 3 aromatic rings. The molecule has 1 fully saturated rings. The Labute approximate surface area is 158 Å². The van der Waals surface area contributed by atoms with E-state index in [1.54, 1.807) is 24.7 Å². The van der Waals surface area contributed by atoms with E-state index < -0.39 is 24.1 Å². The normalized spacial score (nSPS) is 19.7. The van der Waals surface area contributed by atoms with E-state index in [0.717, 1.165) is 4.88 Å². The van der Waals surface area contributed by atoms with Gasteiger partial charge in [-0.05, 0) is 24.4 Å². The van der Waals surface area contributed by atoms with Crippen molar-refractivity contribution in [3.8, 4) is 10.6 Å². The Morgan fingerprint density at radius 2 is 2.19 bits per heavy atom. The van der Waals surface area contributed by atoms with Crippen LogP contribution in [-0.4, -0.2) is 55.4 Å². The second-order valence-corrected chi connectivity index (χ2v) is 7.63. The van der Waals surface area contributed by atoms with Crippen LogP contribution in [0.5, 0.6) is 0 Å². The molecule has 0 spiro atoms. The van der Waals surface area contributed by atoms with Crippen LogP contribution in [0.1, 0.15) is 22.5 Å². The van der Waals surface area contributed by atoms with E-state index in [1.165, 1.54) is 16.2 Å². The predicted molar refractivity (Wildman–Crippen MR) is 98.6 cm³/mol. The highest BCUT2D eigenvalue weighted by Crippen LogP contribution is 2.32. The number of aliphatic carboxylic acids is 1. The number of halogens is 1. The number of thiophene rings is 1. The Balaban J connectivity index is 1.83. The molecule has 140 valence electrons. The van der Waals surface area contributed by atoms with E-state index >= 15 is 0 Å². The topological polar surface area (TPSA) is 88.3 Å². The van der Waals surface area contributed by atoms with Gasteiger partial charge in [-0.2, -0.15) is 5.10 Å². The monoisotopic (exact) mass is 388 g/mol. The number of alkyl halides is 1. The molecule has 0 aliphatic carbocycles. The first kappa shape index (κ1) is 17.6. The summed E-state index contributed by atoms with van der Waals surface area (Å²) in [5.74, 6) is -1.94. The number of carbonyl (C=O) groups excluding carboxylic acids is 1. The molecule has 1 saturated heterocycles. The lowest BCUT2D eigenvalue weighted by atomic mass is 10.1. The number of carbonyl (C=O) groups is 2. The molecule has 1 aliphatic rings. The number of nitrogens with zero attached hydrogens (tertiary/aromatic N) is 4. The van der Waals surface area contributed by atoms with E-state index in [0.29, 0.717) is 28.0 Å².